The summed E-state index contributed by atoms with van der Waals surface area (Å²) in [5.41, 5.74) is 5.48. The monoisotopic (exact) mass is 247 g/mol. The molecular formula is C10H15F2N3S. The Kier molecular flexibility index (Phi) is 3.39. The van der Waals surface area contributed by atoms with Crippen molar-refractivity contribution in [3.05, 3.63) is 11.1 Å². The highest BCUT2D eigenvalue weighted by Crippen LogP contribution is 2.34. The van der Waals surface area contributed by atoms with Crippen molar-refractivity contribution in [2.75, 3.05) is 5.32 Å². The maximum atomic E-state index is 12.9. The van der Waals surface area contributed by atoms with Gasteiger partial charge in [-0.2, -0.15) is 0 Å². The average molecular weight is 247 g/mol. The van der Waals surface area contributed by atoms with E-state index in [-0.39, 0.29) is 18.9 Å². The largest absolute Gasteiger partial charge is 0.359 e. The Morgan fingerprint density at radius 3 is 2.75 bits per heavy atom. The third-order valence-electron chi connectivity index (χ3n) is 2.80. The molecule has 6 heteroatoms. The van der Waals surface area contributed by atoms with Crippen molar-refractivity contribution in [2.45, 2.75) is 44.2 Å². The lowest BCUT2D eigenvalue weighted by atomic mass is 9.92. The summed E-state index contributed by atoms with van der Waals surface area (Å²) >= 11 is 1.49. The number of hydrogen-bond acceptors (Lipinski definition) is 4. The van der Waals surface area contributed by atoms with E-state index in [1.807, 2.05) is 0 Å². The highest BCUT2D eigenvalue weighted by Gasteiger charge is 2.34. The number of aromatic nitrogens is 1. The van der Waals surface area contributed by atoms with Crippen molar-refractivity contribution in [3.8, 4) is 0 Å². The van der Waals surface area contributed by atoms with E-state index >= 15 is 0 Å². The first kappa shape index (κ1) is 11.7. The summed E-state index contributed by atoms with van der Waals surface area (Å²) in [5, 5.41) is 3.98. The molecular weight excluding hydrogens is 232 g/mol. The highest BCUT2D eigenvalue weighted by molar-refractivity contribution is 7.15. The van der Waals surface area contributed by atoms with Crippen LogP contribution in [0.1, 0.15) is 30.6 Å². The Labute approximate surface area is 97.1 Å². The molecule has 2 rings (SSSR count). The predicted octanol–water partition coefficient (Wildman–Crippen LogP) is 2.59. The van der Waals surface area contributed by atoms with Crippen LogP contribution in [-0.2, 0) is 6.54 Å². The number of nitrogens with zero attached hydrogens (tertiary/aromatic N) is 1. The SMILES string of the molecule is NCc1cnc(NC2CCC(F)(F)CC2)s1. The molecule has 0 amide bonds. The van der Waals surface area contributed by atoms with Crippen LogP contribution in [0.25, 0.3) is 0 Å². The predicted molar refractivity (Wildman–Crippen MR) is 60.8 cm³/mol. The third-order valence-corrected chi connectivity index (χ3v) is 3.75. The maximum absolute atomic E-state index is 12.9. The highest BCUT2D eigenvalue weighted by atomic mass is 32.1. The smallest absolute Gasteiger partial charge is 0.248 e. The van der Waals surface area contributed by atoms with Crippen LogP contribution >= 0.6 is 11.3 Å². The van der Waals surface area contributed by atoms with Gasteiger partial charge in [0.2, 0.25) is 5.92 Å². The zero-order valence-corrected chi connectivity index (χ0v) is 9.70. The van der Waals surface area contributed by atoms with Crippen molar-refractivity contribution >= 4 is 16.5 Å². The van der Waals surface area contributed by atoms with Gasteiger partial charge < -0.3 is 11.1 Å². The second kappa shape index (κ2) is 4.63. The molecule has 1 aromatic heterocycles. The van der Waals surface area contributed by atoms with Gasteiger partial charge in [0.25, 0.3) is 0 Å². The van der Waals surface area contributed by atoms with Crippen LogP contribution in [0.3, 0.4) is 0 Å². The van der Waals surface area contributed by atoms with Gasteiger partial charge >= 0.3 is 0 Å². The minimum Gasteiger partial charge on any atom is -0.359 e. The summed E-state index contributed by atoms with van der Waals surface area (Å²) < 4.78 is 25.8. The summed E-state index contributed by atoms with van der Waals surface area (Å²) in [4.78, 5) is 5.16. The summed E-state index contributed by atoms with van der Waals surface area (Å²) in [7, 11) is 0. The van der Waals surface area contributed by atoms with E-state index in [2.05, 4.69) is 10.3 Å². The Morgan fingerprint density at radius 1 is 1.50 bits per heavy atom. The van der Waals surface area contributed by atoms with Crippen molar-refractivity contribution in [1.29, 1.82) is 0 Å². The van der Waals surface area contributed by atoms with E-state index in [1.165, 1.54) is 11.3 Å². The fourth-order valence-electron chi connectivity index (χ4n) is 1.83. The van der Waals surface area contributed by atoms with Crippen molar-refractivity contribution in [3.63, 3.8) is 0 Å². The molecule has 0 aliphatic heterocycles. The van der Waals surface area contributed by atoms with E-state index in [0.717, 1.165) is 10.0 Å². The molecule has 0 bridgehead atoms. The van der Waals surface area contributed by atoms with E-state index in [4.69, 9.17) is 5.73 Å². The standard InChI is InChI=1S/C10H15F2N3S/c11-10(12)3-1-7(2-4-10)15-9-14-6-8(5-13)16-9/h6-7H,1-5,13H2,(H,14,15). The Hall–Kier alpha value is -0.750. The van der Waals surface area contributed by atoms with Crippen LogP contribution in [0.5, 0.6) is 0 Å². The van der Waals surface area contributed by atoms with Crippen molar-refractivity contribution in [2.24, 2.45) is 5.73 Å². The van der Waals surface area contributed by atoms with Gasteiger partial charge in [-0.25, -0.2) is 13.8 Å². The van der Waals surface area contributed by atoms with Gasteiger partial charge in [0.1, 0.15) is 0 Å². The molecule has 0 aromatic carbocycles. The molecule has 1 heterocycles. The van der Waals surface area contributed by atoms with Crippen LogP contribution in [0.15, 0.2) is 6.20 Å². The fraction of sp³-hybridized carbons (Fsp3) is 0.700. The number of anilines is 1. The van der Waals surface area contributed by atoms with Crippen LogP contribution in [-0.4, -0.2) is 16.9 Å². The number of hydrogen-bond donors (Lipinski definition) is 2. The molecule has 1 aliphatic rings. The first-order chi connectivity index (χ1) is 7.59. The van der Waals surface area contributed by atoms with E-state index in [9.17, 15) is 8.78 Å². The molecule has 1 aromatic rings. The molecule has 3 N–H and O–H groups in total. The van der Waals surface area contributed by atoms with Crippen LogP contribution in [0, 0.1) is 0 Å². The van der Waals surface area contributed by atoms with Gasteiger partial charge in [0, 0.05) is 36.5 Å². The molecule has 1 saturated carbocycles. The Bertz CT molecular complexity index is 344. The van der Waals surface area contributed by atoms with Gasteiger partial charge in [-0.15, -0.1) is 11.3 Å². The number of rotatable bonds is 3. The van der Waals surface area contributed by atoms with Crippen molar-refractivity contribution < 1.29 is 8.78 Å². The minimum atomic E-state index is -2.47. The summed E-state index contributed by atoms with van der Waals surface area (Å²) in [6.45, 7) is 0.474. The van der Waals surface area contributed by atoms with Crippen LogP contribution in [0.2, 0.25) is 0 Å². The molecule has 0 unspecified atom stereocenters. The molecule has 90 valence electrons. The number of nitrogens with two attached hydrogens (primary N) is 1. The zero-order valence-electron chi connectivity index (χ0n) is 8.88. The van der Waals surface area contributed by atoms with Gasteiger partial charge in [0.05, 0.1) is 0 Å². The quantitative estimate of drug-likeness (QED) is 0.863. The normalized spacial score (nSPS) is 20.9. The lowest BCUT2D eigenvalue weighted by Gasteiger charge is -2.28. The van der Waals surface area contributed by atoms with Crippen LogP contribution in [0.4, 0.5) is 13.9 Å². The molecule has 3 nitrogen and oxygen atoms in total. The lowest BCUT2D eigenvalue weighted by Crippen LogP contribution is -2.31. The lowest BCUT2D eigenvalue weighted by molar-refractivity contribution is -0.0360. The number of thiazole rings is 1. The molecule has 0 atom stereocenters. The Balaban J connectivity index is 1.87. The van der Waals surface area contributed by atoms with Gasteiger partial charge in [-0.05, 0) is 12.8 Å². The van der Waals surface area contributed by atoms with Crippen LogP contribution < -0.4 is 11.1 Å². The number of alkyl halides is 2. The van der Waals surface area contributed by atoms with E-state index in [1.54, 1.807) is 6.20 Å². The molecule has 0 spiro atoms. The molecule has 1 aliphatic carbocycles. The maximum Gasteiger partial charge on any atom is 0.248 e. The van der Waals surface area contributed by atoms with Crippen molar-refractivity contribution in [1.82, 2.24) is 4.98 Å². The minimum absolute atomic E-state index is 0.0280. The molecule has 0 radical (unpaired) electrons. The molecule has 16 heavy (non-hydrogen) atoms. The van der Waals surface area contributed by atoms with Gasteiger partial charge in [-0.1, -0.05) is 0 Å². The van der Waals surface area contributed by atoms with E-state index in [0.29, 0.717) is 19.4 Å². The van der Waals surface area contributed by atoms with Gasteiger partial charge in [0.15, 0.2) is 5.13 Å². The zero-order chi connectivity index (χ0) is 11.6. The summed E-state index contributed by atoms with van der Waals surface area (Å²) in [6, 6.07) is 0.122. The Morgan fingerprint density at radius 2 is 2.19 bits per heavy atom. The van der Waals surface area contributed by atoms with Gasteiger partial charge in [-0.3, -0.25) is 0 Å². The summed E-state index contributed by atoms with van der Waals surface area (Å²) in [5.74, 6) is -2.47. The second-order valence-corrected chi connectivity index (χ2v) is 5.23. The molecule has 1 fully saturated rings. The average Bonchev–Trinajstić information content (AvgIpc) is 2.69. The molecule has 0 saturated heterocycles. The summed E-state index contributed by atoms with van der Waals surface area (Å²) in [6.07, 6.45) is 2.68. The number of halogens is 2. The second-order valence-electron chi connectivity index (χ2n) is 4.11. The third kappa shape index (κ3) is 2.89. The topological polar surface area (TPSA) is 50.9 Å². The first-order valence-corrected chi connectivity index (χ1v) is 6.20. The van der Waals surface area contributed by atoms with E-state index < -0.39 is 5.92 Å². The first-order valence-electron chi connectivity index (χ1n) is 5.38. The number of nitrogens with one attached hydrogen (secondary N) is 1. The fourth-order valence-corrected chi connectivity index (χ4v) is 2.60.